The first-order chi connectivity index (χ1) is 9.41. The standard InChI is InChI=1S/C15H18N2O2S/c1-15(2,3)12-9-20-13(17-12)8-11(18)10-6-5-7-16-14(10)19-4/h5-7,9H,8H2,1-4H3. The predicted octanol–water partition coefficient (Wildman–Crippen LogP) is 3.27. The fourth-order valence-corrected chi connectivity index (χ4v) is 2.75. The predicted molar refractivity (Wildman–Crippen MR) is 79.6 cm³/mol. The number of rotatable bonds is 4. The van der Waals surface area contributed by atoms with E-state index in [4.69, 9.17) is 4.74 Å². The molecule has 4 nitrogen and oxygen atoms in total. The first-order valence-corrected chi connectivity index (χ1v) is 7.27. The molecule has 0 N–H and O–H groups in total. The van der Waals surface area contributed by atoms with E-state index in [9.17, 15) is 4.79 Å². The van der Waals surface area contributed by atoms with Gasteiger partial charge < -0.3 is 4.74 Å². The van der Waals surface area contributed by atoms with E-state index in [0.29, 0.717) is 11.4 Å². The molecule has 0 aliphatic heterocycles. The van der Waals surface area contributed by atoms with Crippen LogP contribution in [-0.2, 0) is 11.8 Å². The summed E-state index contributed by atoms with van der Waals surface area (Å²) in [7, 11) is 1.51. The van der Waals surface area contributed by atoms with Crippen LogP contribution >= 0.6 is 11.3 Å². The van der Waals surface area contributed by atoms with Gasteiger partial charge in [0.05, 0.1) is 24.8 Å². The fourth-order valence-electron chi connectivity index (χ4n) is 1.73. The van der Waals surface area contributed by atoms with Crippen LogP contribution in [-0.4, -0.2) is 22.9 Å². The van der Waals surface area contributed by atoms with Crippen molar-refractivity contribution in [2.75, 3.05) is 7.11 Å². The Morgan fingerprint density at radius 2 is 2.15 bits per heavy atom. The van der Waals surface area contributed by atoms with Crippen molar-refractivity contribution >= 4 is 17.1 Å². The minimum atomic E-state index is -0.0234. The van der Waals surface area contributed by atoms with E-state index < -0.39 is 0 Å². The Morgan fingerprint density at radius 3 is 2.75 bits per heavy atom. The zero-order valence-electron chi connectivity index (χ0n) is 12.1. The molecule has 0 saturated heterocycles. The van der Waals surface area contributed by atoms with E-state index in [2.05, 4.69) is 30.7 Å². The van der Waals surface area contributed by atoms with Gasteiger partial charge in [-0.25, -0.2) is 9.97 Å². The molecule has 0 atom stereocenters. The number of ether oxygens (including phenoxy) is 1. The van der Waals surface area contributed by atoms with Gasteiger partial charge in [-0.05, 0) is 12.1 Å². The number of methoxy groups -OCH3 is 1. The molecule has 0 amide bonds. The molecule has 2 aromatic heterocycles. The summed E-state index contributed by atoms with van der Waals surface area (Å²) in [6.07, 6.45) is 1.89. The van der Waals surface area contributed by atoms with Crippen molar-refractivity contribution in [1.82, 2.24) is 9.97 Å². The number of carbonyl (C=O) groups is 1. The molecule has 0 saturated carbocycles. The van der Waals surface area contributed by atoms with E-state index in [1.807, 2.05) is 5.38 Å². The van der Waals surface area contributed by atoms with Crippen LogP contribution in [0.3, 0.4) is 0 Å². The number of pyridine rings is 1. The Kier molecular flexibility index (Phi) is 4.18. The second-order valence-corrected chi connectivity index (χ2v) is 6.48. The van der Waals surface area contributed by atoms with E-state index in [0.717, 1.165) is 10.7 Å². The molecule has 20 heavy (non-hydrogen) atoms. The Balaban J connectivity index is 2.18. The highest BCUT2D eigenvalue weighted by Gasteiger charge is 2.20. The van der Waals surface area contributed by atoms with Crippen LogP contribution in [0.5, 0.6) is 5.88 Å². The summed E-state index contributed by atoms with van der Waals surface area (Å²) in [6, 6.07) is 3.46. The summed E-state index contributed by atoms with van der Waals surface area (Å²) in [5, 5.41) is 2.84. The average Bonchev–Trinajstić information content (AvgIpc) is 2.87. The number of aromatic nitrogens is 2. The number of thiazole rings is 1. The van der Waals surface area contributed by atoms with E-state index in [1.54, 1.807) is 18.3 Å². The maximum atomic E-state index is 12.3. The number of nitrogens with zero attached hydrogens (tertiary/aromatic N) is 2. The lowest BCUT2D eigenvalue weighted by Crippen LogP contribution is -2.12. The van der Waals surface area contributed by atoms with Crippen molar-refractivity contribution in [1.29, 1.82) is 0 Å². The van der Waals surface area contributed by atoms with Crippen LogP contribution < -0.4 is 4.74 Å². The summed E-state index contributed by atoms with van der Waals surface area (Å²) >= 11 is 1.52. The van der Waals surface area contributed by atoms with Gasteiger partial charge in [0.1, 0.15) is 5.01 Å². The van der Waals surface area contributed by atoms with Gasteiger partial charge >= 0.3 is 0 Å². The molecule has 0 aliphatic carbocycles. The molecule has 0 bridgehead atoms. The molecule has 0 aromatic carbocycles. The van der Waals surface area contributed by atoms with Gasteiger partial charge in [0.25, 0.3) is 0 Å². The van der Waals surface area contributed by atoms with Crippen LogP contribution in [0.2, 0.25) is 0 Å². The molecule has 2 heterocycles. The Morgan fingerprint density at radius 1 is 1.40 bits per heavy atom. The van der Waals surface area contributed by atoms with Crippen LogP contribution in [0.15, 0.2) is 23.7 Å². The monoisotopic (exact) mass is 290 g/mol. The van der Waals surface area contributed by atoms with E-state index >= 15 is 0 Å². The van der Waals surface area contributed by atoms with Crippen LogP contribution in [0, 0.1) is 0 Å². The van der Waals surface area contributed by atoms with E-state index in [1.165, 1.54) is 18.4 Å². The average molecular weight is 290 g/mol. The molecule has 0 aliphatic rings. The number of hydrogen-bond acceptors (Lipinski definition) is 5. The summed E-state index contributed by atoms with van der Waals surface area (Å²) in [5.41, 5.74) is 1.52. The van der Waals surface area contributed by atoms with Crippen molar-refractivity contribution in [2.24, 2.45) is 0 Å². The molecule has 0 spiro atoms. The SMILES string of the molecule is COc1ncccc1C(=O)Cc1nc(C(C)(C)C)cs1. The highest BCUT2D eigenvalue weighted by atomic mass is 32.1. The summed E-state index contributed by atoms with van der Waals surface area (Å²) in [4.78, 5) is 20.9. The van der Waals surface area contributed by atoms with Crippen LogP contribution in [0.4, 0.5) is 0 Å². The molecule has 0 fully saturated rings. The Labute approximate surface area is 122 Å². The van der Waals surface area contributed by atoms with Crippen molar-refractivity contribution < 1.29 is 9.53 Å². The number of hydrogen-bond donors (Lipinski definition) is 0. The lowest BCUT2D eigenvalue weighted by atomic mass is 9.93. The second kappa shape index (κ2) is 5.71. The number of ketones is 1. The zero-order chi connectivity index (χ0) is 14.8. The second-order valence-electron chi connectivity index (χ2n) is 5.54. The first kappa shape index (κ1) is 14.7. The first-order valence-electron chi connectivity index (χ1n) is 6.39. The van der Waals surface area contributed by atoms with Gasteiger partial charge in [0.15, 0.2) is 5.78 Å². The molecule has 2 aromatic rings. The van der Waals surface area contributed by atoms with Crippen LogP contribution in [0.1, 0.15) is 41.8 Å². The number of carbonyl (C=O) groups excluding carboxylic acids is 1. The van der Waals surface area contributed by atoms with Gasteiger partial charge in [-0.15, -0.1) is 11.3 Å². The molecule has 106 valence electrons. The molecule has 0 unspecified atom stereocenters. The molecular weight excluding hydrogens is 272 g/mol. The van der Waals surface area contributed by atoms with Crippen molar-refractivity contribution in [3.05, 3.63) is 40.0 Å². The smallest absolute Gasteiger partial charge is 0.224 e. The summed E-state index contributed by atoms with van der Waals surface area (Å²) < 4.78 is 5.11. The number of Topliss-reactive ketones (excluding diaryl/α,β-unsaturated/α-hetero) is 1. The van der Waals surface area contributed by atoms with Gasteiger partial charge in [0, 0.05) is 17.0 Å². The largest absolute Gasteiger partial charge is 0.480 e. The lowest BCUT2D eigenvalue weighted by Gasteiger charge is -2.14. The van der Waals surface area contributed by atoms with Crippen LogP contribution in [0.25, 0.3) is 0 Å². The molecule has 2 rings (SSSR count). The molecular formula is C15H18N2O2S. The maximum Gasteiger partial charge on any atom is 0.224 e. The quantitative estimate of drug-likeness (QED) is 0.811. The zero-order valence-corrected chi connectivity index (χ0v) is 13.0. The minimum absolute atomic E-state index is 0.00376. The normalized spacial score (nSPS) is 11.4. The third-order valence-corrected chi connectivity index (χ3v) is 3.75. The topological polar surface area (TPSA) is 52.1 Å². The van der Waals surface area contributed by atoms with Crippen molar-refractivity contribution in [3.63, 3.8) is 0 Å². The van der Waals surface area contributed by atoms with Gasteiger partial charge in [-0.1, -0.05) is 20.8 Å². The van der Waals surface area contributed by atoms with Gasteiger partial charge in [-0.2, -0.15) is 0 Å². The third-order valence-electron chi connectivity index (χ3n) is 2.90. The van der Waals surface area contributed by atoms with Crippen molar-refractivity contribution in [2.45, 2.75) is 32.6 Å². The molecule has 5 heteroatoms. The Bertz CT molecular complexity index is 614. The maximum absolute atomic E-state index is 12.3. The highest BCUT2D eigenvalue weighted by Crippen LogP contribution is 2.25. The lowest BCUT2D eigenvalue weighted by molar-refractivity contribution is 0.0989. The van der Waals surface area contributed by atoms with Gasteiger partial charge in [0.2, 0.25) is 5.88 Å². The summed E-state index contributed by atoms with van der Waals surface area (Å²) in [6.45, 7) is 6.33. The summed E-state index contributed by atoms with van der Waals surface area (Å²) in [5.74, 6) is 0.342. The fraction of sp³-hybridized carbons (Fsp3) is 0.400. The Hall–Kier alpha value is -1.75. The van der Waals surface area contributed by atoms with Gasteiger partial charge in [-0.3, -0.25) is 4.79 Å². The van der Waals surface area contributed by atoms with E-state index in [-0.39, 0.29) is 17.6 Å². The highest BCUT2D eigenvalue weighted by molar-refractivity contribution is 7.09. The third kappa shape index (κ3) is 3.22. The molecule has 0 radical (unpaired) electrons. The minimum Gasteiger partial charge on any atom is -0.480 e. The van der Waals surface area contributed by atoms with Crippen molar-refractivity contribution in [3.8, 4) is 5.88 Å².